The summed E-state index contributed by atoms with van der Waals surface area (Å²) in [5, 5.41) is 34.9. The molecule has 0 aliphatic carbocycles. The average molecular weight is 462 g/mol. The third-order valence-corrected chi connectivity index (χ3v) is 4.62. The zero-order valence-electron chi connectivity index (χ0n) is 17.5. The summed E-state index contributed by atoms with van der Waals surface area (Å²) in [5.74, 6) is -3.60. The monoisotopic (exact) mass is 462 g/mol. The van der Waals surface area contributed by atoms with Crippen LogP contribution in [-0.4, -0.2) is 80.3 Å². The number of carboxylic acid groups (broad SMARTS) is 1. The third kappa shape index (κ3) is 7.90. The van der Waals surface area contributed by atoms with Crippen LogP contribution in [0.5, 0.6) is 5.75 Å². The fourth-order valence-corrected chi connectivity index (χ4v) is 2.89. The number of aromatic amines is 1. The molecule has 1 aromatic heterocycles. The van der Waals surface area contributed by atoms with Gasteiger partial charge in [-0.3, -0.25) is 14.4 Å². The number of aliphatic hydroxyl groups is 1. The number of nitrogens with one attached hydrogen (secondary N) is 4. The highest BCUT2D eigenvalue weighted by Crippen LogP contribution is 2.12. The normalized spacial score (nSPS) is 13.4. The first-order chi connectivity index (χ1) is 15.7. The fraction of sp³-hybridized carbons (Fsp3) is 0.350. The molecule has 3 atom stereocenters. The first-order valence-electron chi connectivity index (χ1n) is 9.92. The summed E-state index contributed by atoms with van der Waals surface area (Å²) in [6.07, 6.45) is 2.77. The molecule has 9 N–H and O–H groups in total. The molecule has 0 saturated heterocycles. The molecular weight excluding hydrogens is 436 g/mol. The van der Waals surface area contributed by atoms with Crippen LogP contribution in [-0.2, 0) is 32.0 Å². The lowest BCUT2D eigenvalue weighted by atomic mass is 10.0. The van der Waals surface area contributed by atoms with E-state index in [1.54, 1.807) is 12.1 Å². The van der Waals surface area contributed by atoms with Crippen LogP contribution in [0.1, 0.15) is 11.3 Å². The number of nitrogens with two attached hydrogens (primary N) is 1. The van der Waals surface area contributed by atoms with Crippen LogP contribution in [0.4, 0.5) is 0 Å². The number of benzene rings is 1. The van der Waals surface area contributed by atoms with Crippen molar-refractivity contribution in [3.8, 4) is 5.75 Å². The Morgan fingerprint density at radius 1 is 0.970 bits per heavy atom. The molecule has 33 heavy (non-hydrogen) atoms. The maximum Gasteiger partial charge on any atom is 0.328 e. The SMILES string of the molecule is NCC(=O)NC(Cc1ccc(O)cc1)C(=O)NC(Cc1cnc[nH]1)C(=O)NC(CO)C(=O)O. The van der Waals surface area contributed by atoms with Crippen molar-refractivity contribution in [3.63, 3.8) is 0 Å². The lowest BCUT2D eigenvalue weighted by Crippen LogP contribution is -2.57. The number of aromatic hydroxyl groups is 1. The number of carboxylic acids is 1. The van der Waals surface area contributed by atoms with Gasteiger partial charge in [0.1, 0.15) is 23.9 Å². The summed E-state index contributed by atoms with van der Waals surface area (Å²) in [4.78, 5) is 55.4. The Labute approximate surface area is 188 Å². The number of aliphatic hydroxyl groups excluding tert-OH is 1. The topological polar surface area (TPSA) is 220 Å². The summed E-state index contributed by atoms with van der Waals surface area (Å²) in [7, 11) is 0. The van der Waals surface area contributed by atoms with Crippen molar-refractivity contribution in [1.29, 1.82) is 0 Å². The Hall–Kier alpha value is -3.97. The molecule has 2 aromatic rings. The van der Waals surface area contributed by atoms with Crippen LogP contribution in [0.15, 0.2) is 36.8 Å². The van der Waals surface area contributed by atoms with Gasteiger partial charge in [0.2, 0.25) is 17.7 Å². The van der Waals surface area contributed by atoms with Gasteiger partial charge < -0.3 is 42.0 Å². The van der Waals surface area contributed by atoms with Crippen molar-refractivity contribution < 1.29 is 34.5 Å². The quantitative estimate of drug-likeness (QED) is 0.165. The molecule has 178 valence electrons. The smallest absolute Gasteiger partial charge is 0.328 e. The highest BCUT2D eigenvalue weighted by Gasteiger charge is 2.30. The van der Waals surface area contributed by atoms with Gasteiger partial charge in [-0.15, -0.1) is 0 Å². The fourth-order valence-electron chi connectivity index (χ4n) is 2.89. The van der Waals surface area contributed by atoms with Crippen molar-refractivity contribution in [2.75, 3.05) is 13.2 Å². The Morgan fingerprint density at radius 2 is 1.58 bits per heavy atom. The van der Waals surface area contributed by atoms with Gasteiger partial charge in [-0.05, 0) is 17.7 Å². The molecule has 0 bridgehead atoms. The minimum absolute atomic E-state index is 0.0268. The second-order valence-electron chi connectivity index (χ2n) is 7.12. The number of aromatic nitrogens is 2. The van der Waals surface area contributed by atoms with E-state index in [-0.39, 0.29) is 25.1 Å². The minimum atomic E-state index is -1.57. The second-order valence-corrected chi connectivity index (χ2v) is 7.12. The van der Waals surface area contributed by atoms with Crippen LogP contribution < -0.4 is 21.7 Å². The minimum Gasteiger partial charge on any atom is -0.508 e. The van der Waals surface area contributed by atoms with Crippen LogP contribution in [0.3, 0.4) is 0 Å². The van der Waals surface area contributed by atoms with E-state index in [1.165, 1.54) is 24.7 Å². The number of hydrogen-bond acceptors (Lipinski definition) is 8. The van der Waals surface area contributed by atoms with E-state index < -0.39 is 48.4 Å². The van der Waals surface area contributed by atoms with Gasteiger partial charge in [0, 0.05) is 24.7 Å². The molecule has 13 heteroatoms. The van der Waals surface area contributed by atoms with E-state index in [9.17, 15) is 29.4 Å². The molecule has 0 aliphatic heterocycles. The average Bonchev–Trinajstić information content (AvgIpc) is 3.30. The number of phenolic OH excluding ortho intramolecular Hbond substituents is 1. The predicted molar refractivity (Wildman–Crippen MR) is 114 cm³/mol. The van der Waals surface area contributed by atoms with E-state index in [2.05, 4.69) is 25.9 Å². The highest BCUT2D eigenvalue weighted by molar-refractivity contribution is 5.93. The summed E-state index contributed by atoms with van der Waals surface area (Å²) in [5.41, 5.74) is 6.44. The molecule has 3 unspecified atom stereocenters. The standard InChI is InChI=1S/C20H26N6O7/c21-7-17(29)24-14(5-11-1-3-13(28)4-2-11)18(30)25-15(6-12-8-22-10-23-12)19(31)26-16(9-27)20(32)33/h1-4,8,10,14-16,27-28H,5-7,9,21H2,(H,22,23)(H,24,29)(H,25,30)(H,26,31)(H,32,33). The zero-order chi connectivity index (χ0) is 24.4. The van der Waals surface area contributed by atoms with Gasteiger partial charge in [-0.1, -0.05) is 12.1 Å². The van der Waals surface area contributed by atoms with Crippen LogP contribution >= 0.6 is 0 Å². The first kappa shape index (κ1) is 25.3. The molecule has 0 fully saturated rings. The number of rotatable bonds is 12. The number of phenols is 1. The number of H-pyrrole nitrogens is 1. The van der Waals surface area contributed by atoms with Gasteiger partial charge >= 0.3 is 5.97 Å². The van der Waals surface area contributed by atoms with E-state index >= 15 is 0 Å². The number of nitrogens with zero attached hydrogens (tertiary/aromatic N) is 1. The highest BCUT2D eigenvalue weighted by atomic mass is 16.4. The zero-order valence-corrected chi connectivity index (χ0v) is 17.5. The van der Waals surface area contributed by atoms with Crippen molar-refractivity contribution >= 4 is 23.7 Å². The van der Waals surface area contributed by atoms with Gasteiger partial charge in [0.25, 0.3) is 0 Å². The predicted octanol–water partition coefficient (Wildman–Crippen LogP) is -2.61. The number of carbonyl (C=O) groups is 4. The molecule has 0 saturated carbocycles. The van der Waals surface area contributed by atoms with Gasteiger partial charge in [0.05, 0.1) is 19.5 Å². The Bertz CT molecular complexity index is 948. The Kier molecular flexibility index (Phi) is 9.32. The van der Waals surface area contributed by atoms with Crippen molar-refractivity contribution in [2.45, 2.75) is 31.0 Å². The lowest BCUT2D eigenvalue weighted by molar-refractivity contribution is -0.143. The van der Waals surface area contributed by atoms with E-state index in [1.807, 2.05) is 0 Å². The summed E-state index contributed by atoms with van der Waals surface area (Å²) >= 11 is 0. The van der Waals surface area contributed by atoms with E-state index in [0.29, 0.717) is 11.3 Å². The molecular formula is C20H26N6O7. The molecule has 13 nitrogen and oxygen atoms in total. The molecule has 0 aliphatic rings. The second kappa shape index (κ2) is 12.2. The van der Waals surface area contributed by atoms with Crippen molar-refractivity contribution in [1.82, 2.24) is 25.9 Å². The number of hydrogen-bond donors (Lipinski definition) is 8. The van der Waals surface area contributed by atoms with Gasteiger partial charge in [-0.25, -0.2) is 9.78 Å². The number of carbonyl (C=O) groups excluding carboxylic acids is 3. The summed E-state index contributed by atoms with van der Waals surface area (Å²) in [6.45, 7) is -1.21. The van der Waals surface area contributed by atoms with Crippen LogP contribution in [0, 0.1) is 0 Å². The molecule has 1 heterocycles. The summed E-state index contributed by atoms with van der Waals surface area (Å²) < 4.78 is 0. The Morgan fingerprint density at radius 3 is 2.09 bits per heavy atom. The van der Waals surface area contributed by atoms with Gasteiger partial charge in [-0.2, -0.15) is 0 Å². The third-order valence-electron chi connectivity index (χ3n) is 4.62. The molecule has 3 amide bonds. The number of amides is 3. The molecule has 0 radical (unpaired) electrons. The number of imidazole rings is 1. The Balaban J connectivity index is 2.21. The summed E-state index contributed by atoms with van der Waals surface area (Å²) in [6, 6.07) is 2.05. The van der Waals surface area contributed by atoms with Crippen LogP contribution in [0.25, 0.3) is 0 Å². The van der Waals surface area contributed by atoms with E-state index in [4.69, 9.17) is 10.8 Å². The van der Waals surface area contributed by atoms with E-state index in [0.717, 1.165) is 0 Å². The molecule has 1 aromatic carbocycles. The lowest BCUT2D eigenvalue weighted by Gasteiger charge is -2.24. The first-order valence-corrected chi connectivity index (χ1v) is 9.92. The molecule has 0 spiro atoms. The van der Waals surface area contributed by atoms with Gasteiger partial charge in [0.15, 0.2) is 0 Å². The maximum absolute atomic E-state index is 13.0. The van der Waals surface area contributed by atoms with Crippen molar-refractivity contribution in [2.24, 2.45) is 5.73 Å². The van der Waals surface area contributed by atoms with Crippen molar-refractivity contribution in [3.05, 3.63) is 48.0 Å². The number of aliphatic carboxylic acids is 1. The molecule has 2 rings (SSSR count). The largest absolute Gasteiger partial charge is 0.508 e. The maximum atomic E-state index is 13.0. The van der Waals surface area contributed by atoms with Crippen LogP contribution in [0.2, 0.25) is 0 Å².